The number of halogens is 1. The van der Waals surface area contributed by atoms with Crippen molar-refractivity contribution in [3.05, 3.63) is 46.5 Å². The Balaban J connectivity index is 2.46. The molecule has 0 radical (unpaired) electrons. The molecule has 0 unspecified atom stereocenters. The molecule has 0 aliphatic carbocycles. The van der Waals surface area contributed by atoms with E-state index >= 15 is 0 Å². The van der Waals surface area contributed by atoms with Crippen molar-refractivity contribution in [2.24, 2.45) is 5.73 Å². The minimum Gasteiger partial charge on any atom is -0.330 e. The fraction of sp³-hybridized carbons (Fsp3) is 0.250. The van der Waals surface area contributed by atoms with Crippen molar-refractivity contribution in [2.75, 3.05) is 6.54 Å². The summed E-state index contributed by atoms with van der Waals surface area (Å²) in [5.41, 5.74) is 7.90. The maximum absolute atomic E-state index is 5.56. The molecule has 4 heteroatoms. The van der Waals surface area contributed by atoms with E-state index in [1.165, 1.54) is 5.56 Å². The summed E-state index contributed by atoms with van der Waals surface area (Å²) in [5, 5.41) is 0. The number of nitrogens with zero attached hydrogens (tertiary/aromatic N) is 2. The lowest BCUT2D eigenvalue weighted by Gasteiger charge is -2.09. The summed E-state index contributed by atoms with van der Waals surface area (Å²) in [6.07, 6.45) is 4.55. The predicted octanol–water partition coefficient (Wildman–Crippen LogP) is 2.44. The standard InChI is InChI=1S/C12H14BrN3/c1-9-2-3-11(10(13)8-9)16-7-6-15-12(16)4-5-14/h2-3,6-8H,4-5,14H2,1H3. The highest BCUT2D eigenvalue weighted by Gasteiger charge is 2.07. The molecular weight excluding hydrogens is 266 g/mol. The summed E-state index contributed by atoms with van der Waals surface area (Å²) in [5.74, 6) is 0.993. The fourth-order valence-electron chi connectivity index (χ4n) is 1.68. The van der Waals surface area contributed by atoms with E-state index in [0.29, 0.717) is 6.54 Å². The number of imidazole rings is 1. The Morgan fingerprint density at radius 2 is 2.25 bits per heavy atom. The zero-order valence-electron chi connectivity index (χ0n) is 9.15. The number of hydrogen-bond acceptors (Lipinski definition) is 2. The molecule has 1 heterocycles. The molecule has 16 heavy (non-hydrogen) atoms. The number of aromatic nitrogens is 2. The molecule has 0 saturated heterocycles. The summed E-state index contributed by atoms with van der Waals surface area (Å²) >= 11 is 3.57. The molecule has 0 aliphatic heterocycles. The van der Waals surface area contributed by atoms with E-state index in [1.807, 2.05) is 6.20 Å². The smallest absolute Gasteiger partial charge is 0.114 e. The molecule has 2 aromatic rings. The lowest BCUT2D eigenvalue weighted by atomic mass is 10.2. The van der Waals surface area contributed by atoms with Gasteiger partial charge in [0.25, 0.3) is 0 Å². The van der Waals surface area contributed by atoms with Crippen molar-refractivity contribution < 1.29 is 0 Å². The second-order valence-electron chi connectivity index (χ2n) is 3.71. The second kappa shape index (κ2) is 4.80. The zero-order chi connectivity index (χ0) is 11.5. The highest BCUT2D eigenvalue weighted by atomic mass is 79.9. The van der Waals surface area contributed by atoms with Crippen molar-refractivity contribution in [2.45, 2.75) is 13.3 Å². The molecule has 0 spiro atoms. The Labute approximate surface area is 103 Å². The van der Waals surface area contributed by atoms with Gasteiger partial charge in [-0.15, -0.1) is 0 Å². The van der Waals surface area contributed by atoms with Crippen molar-refractivity contribution in [1.82, 2.24) is 9.55 Å². The van der Waals surface area contributed by atoms with E-state index in [0.717, 1.165) is 22.4 Å². The van der Waals surface area contributed by atoms with Gasteiger partial charge in [0.2, 0.25) is 0 Å². The Morgan fingerprint density at radius 3 is 2.94 bits per heavy atom. The van der Waals surface area contributed by atoms with Gasteiger partial charge in [0.1, 0.15) is 5.82 Å². The molecule has 2 rings (SSSR count). The van der Waals surface area contributed by atoms with Crippen LogP contribution >= 0.6 is 15.9 Å². The average molecular weight is 280 g/mol. The Bertz CT molecular complexity index is 491. The van der Waals surface area contributed by atoms with E-state index in [9.17, 15) is 0 Å². The van der Waals surface area contributed by atoms with Crippen LogP contribution in [-0.2, 0) is 6.42 Å². The van der Waals surface area contributed by atoms with Crippen LogP contribution in [0.2, 0.25) is 0 Å². The number of benzene rings is 1. The summed E-state index contributed by atoms with van der Waals surface area (Å²) in [6, 6.07) is 6.27. The first-order valence-corrected chi connectivity index (χ1v) is 6.00. The van der Waals surface area contributed by atoms with Crippen LogP contribution in [0.15, 0.2) is 35.1 Å². The minimum absolute atomic E-state index is 0.612. The lowest BCUT2D eigenvalue weighted by molar-refractivity contribution is 0.835. The Kier molecular flexibility index (Phi) is 3.41. The summed E-state index contributed by atoms with van der Waals surface area (Å²) in [7, 11) is 0. The zero-order valence-corrected chi connectivity index (χ0v) is 10.7. The van der Waals surface area contributed by atoms with Crippen LogP contribution in [0.1, 0.15) is 11.4 Å². The van der Waals surface area contributed by atoms with Gasteiger partial charge in [-0.05, 0) is 47.1 Å². The highest BCUT2D eigenvalue weighted by Crippen LogP contribution is 2.23. The topological polar surface area (TPSA) is 43.8 Å². The number of nitrogens with two attached hydrogens (primary N) is 1. The molecule has 2 N–H and O–H groups in total. The SMILES string of the molecule is Cc1ccc(-n2ccnc2CCN)c(Br)c1. The molecule has 1 aromatic carbocycles. The third-order valence-corrected chi connectivity index (χ3v) is 3.08. The fourth-order valence-corrected chi connectivity index (χ4v) is 2.36. The van der Waals surface area contributed by atoms with Crippen LogP contribution in [0.3, 0.4) is 0 Å². The Hall–Kier alpha value is -1.13. The van der Waals surface area contributed by atoms with Crippen LogP contribution in [0.25, 0.3) is 5.69 Å². The molecular formula is C12H14BrN3. The molecule has 3 nitrogen and oxygen atoms in total. The molecule has 0 fully saturated rings. The monoisotopic (exact) mass is 279 g/mol. The number of aryl methyl sites for hydroxylation is 1. The van der Waals surface area contributed by atoms with Crippen LogP contribution in [0, 0.1) is 6.92 Å². The van der Waals surface area contributed by atoms with Gasteiger partial charge in [-0.1, -0.05) is 6.07 Å². The first-order chi connectivity index (χ1) is 7.72. The third-order valence-electron chi connectivity index (χ3n) is 2.45. The van der Waals surface area contributed by atoms with Gasteiger partial charge in [0.15, 0.2) is 0 Å². The van der Waals surface area contributed by atoms with E-state index in [2.05, 4.69) is 50.6 Å². The van der Waals surface area contributed by atoms with Crippen molar-refractivity contribution in [1.29, 1.82) is 0 Å². The first kappa shape index (κ1) is 11.4. The highest BCUT2D eigenvalue weighted by molar-refractivity contribution is 9.10. The van der Waals surface area contributed by atoms with Gasteiger partial charge >= 0.3 is 0 Å². The van der Waals surface area contributed by atoms with Crippen LogP contribution in [0.4, 0.5) is 0 Å². The van der Waals surface area contributed by atoms with E-state index in [1.54, 1.807) is 6.20 Å². The molecule has 0 bridgehead atoms. The molecule has 84 valence electrons. The van der Waals surface area contributed by atoms with Gasteiger partial charge in [0.05, 0.1) is 5.69 Å². The van der Waals surface area contributed by atoms with Gasteiger partial charge in [-0.2, -0.15) is 0 Å². The number of rotatable bonds is 3. The average Bonchev–Trinajstić information content (AvgIpc) is 2.67. The van der Waals surface area contributed by atoms with Crippen LogP contribution in [0.5, 0.6) is 0 Å². The van der Waals surface area contributed by atoms with Gasteiger partial charge < -0.3 is 10.3 Å². The van der Waals surface area contributed by atoms with Gasteiger partial charge in [0, 0.05) is 23.3 Å². The number of hydrogen-bond donors (Lipinski definition) is 1. The summed E-state index contributed by atoms with van der Waals surface area (Å²) in [4.78, 5) is 4.31. The first-order valence-electron chi connectivity index (χ1n) is 5.21. The molecule has 0 atom stereocenters. The predicted molar refractivity (Wildman–Crippen MR) is 68.8 cm³/mol. The maximum atomic E-state index is 5.56. The molecule has 0 saturated carbocycles. The lowest BCUT2D eigenvalue weighted by Crippen LogP contribution is -2.09. The van der Waals surface area contributed by atoms with Crippen molar-refractivity contribution in [3.63, 3.8) is 0 Å². The van der Waals surface area contributed by atoms with E-state index in [4.69, 9.17) is 5.73 Å². The van der Waals surface area contributed by atoms with E-state index in [-0.39, 0.29) is 0 Å². The van der Waals surface area contributed by atoms with Crippen molar-refractivity contribution >= 4 is 15.9 Å². The molecule has 1 aromatic heterocycles. The maximum Gasteiger partial charge on any atom is 0.114 e. The van der Waals surface area contributed by atoms with Crippen molar-refractivity contribution in [3.8, 4) is 5.69 Å². The summed E-state index contributed by atoms with van der Waals surface area (Å²) in [6.45, 7) is 2.68. The normalized spacial score (nSPS) is 10.7. The van der Waals surface area contributed by atoms with Crippen LogP contribution < -0.4 is 5.73 Å². The largest absolute Gasteiger partial charge is 0.330 e. The molecule has 0 aliphatic rings. The van der Waals surface area contributed by atoms with Gasteiger partial charge in [-0.25, -0.2) is 4.98 Å². The van der Waals surface area contributed by atoms with Crippen LogP contribution in [-0.4, -0.2) is 16.1 Å². The molecule has 0 amide bonds. The quantitative estimate of drug-likeness (QED) is 0.938. The van der Waals surface area contributed by atoms with E-state index < -0.39 is 0 Å². The minimum atomic E-state index is 0.612. The van der Waals surface area contributed by atoms with Gasteiger partial charge in [-0.3, -0.25) is 0 Å². The Morgan fingerprint density at radius 1 is 1.44 bits per heavy atom. The second-order valence-corrected chi connectivity index (χ2v) is 4.56. The summed E-state index contributed by atoms with van der Waals surface area (Å²) < 4.78 is 3.14. The third kappa shape index (κ3) is 2.18.